The van der Waals surface area contributed by atoms with Crippen molar-refractivity contribution in [2.24, 2.45) is 17.8 Å². The summed E-state index contributed by atoms with van der Waals surface area (Å²) in [7, 11) is 0. The highest BCUT2D eigenvalue weighted by molar-refractivity contribution is 5.98. The topological polar surface area (TPSA) is 6.48 Å². The van der Waals surface area contributed by atoms with Gasteiger partial charge < -0.3 is 9.80 Å². The summed E-state index contributed by atoms with van der Waals surface area (Å²) in [4.78, 5) is 5.13. The molecular weight excluding hydrogens is 605 g/mol. The van der Waals surface area contributed by atoms with Gasteiger partial charge in [-0.15, -0.1) is 0 Å². The third kappa shape index (κ3) is 5.07. The number of anilines is 3. The van der Waals surface area contributed by atoms with Gasteiger partial charge in [-0.2, -0.15) is 0 Å². The molecule has 6 aliphatic rings. The Labute approximate surface area is 296 Å². The second-order valence-corrected chi connectivity index (χ2v) is 15.2. The van der Waals surface area contributed by atoms with Crippen LogP contribution >= 0.6 is 0 Å². The van der Waals surface area contributed by atoms with Gasteiger partial charge in [-0.05, 0) is 145 Å². The van der Waals surface area contributed by atoms with Crippen molar-refractivity contribution in [1.82, 2.24) is 0 Å². The van der Waals surface area contributed by atoms with E-state index in [9.17, 15) is 0 Å². The summed E-state index contributed by atoms with van der Waals surface area (Å²) in [6, 6.07) is 27.5. The summed E-state index contributed by atoms with van der Waals surface area (Å²) in [6.45, 7) is 4.56. The molecule has 0 spiro atoms. The highest BCUT2D eigenvalue weighted by atomic mass is 15.2. The maximum absolute atomic E-state index is 2.58. The molecule has 0 aliphatic heterocycles. The Balaban J connectivity index is 1.01. The molecule has 0 amide bonds. The van der Waals surface area contributed by atoms with E-state index in [1.54, 1.807) is 5.56 Å². The fourth-order valence-electron chi connectivity index (χ4n) is 9.00. The third-order valence-corrected chi connectivity index (χ3v) is 11.9. The SMILES string of the molecule is Cc1ccc2c(c1N(C1=CC3C[C@@H]3C=C1)c1ccc(C3=CC=C(N(C4=CCCC=C4)c4c(C)ccc5ccccc45)CC3)cc1)C1C[C@@H]1C=C2. The highest BCUT2D eigenvalue weighted by Gasteiger charge is 2.43. The van der Waals surface area contributed by atoms with Gasteiger partial charge in [-0.1, -0.05) is 103 Å². The van der Waals surface area contributed by atoms with Crippen LogP contribution in [0.25, 0.3) is 22.4 Å². The number of aryl methyl sites for hydroxylation is 2. The van der Waals surface area contributed by atoms with Crippen LogP contribution in [-0.4, -0.2) is 0 Å². The second-order valence-electron chi connectivity index (χ2n) is 15.2. The molecule has 10 rings (SSSR count). The van der Waals surface area contributed by atoms with Crippen LogP contribution in [0.4, 0.5) is 17.1 Å². The maximum Gasteiger partial charge on any atom is 0.0565 e. The molecule has 4 aromatic carbocycles. The van der Waals surface area contributed by atoms with Crippen LogP contribution in [0.1, 0.15) is 72.3 Å². The molecule has 2 nitrogen and oxygen atoms in total. The van der Waals surface area contributed by atoms with Crippen molar-refractivity contribution in [2.75, 3.05) is 9.80 Å². The van der Waals surface area contributed by atoms with Gasteiger partial charge in [0.25, 0.3) is 0 Å². The first-order chi connectivity index (χ1) is 24.6. The number of nitrogens with zero attached hydrogens (tertiary/aromatic N) is 2. The first-order valence-corrected chi connectivity index (χ1v) is 18.8. The molecular formula is C48H44N2. The molecule has 50 heavy (non-hydrogen) atoms. The summed E-state index contributed by atoms with van der Waals surface area (Å²) in [5, 5.41) is 2.60. The van der Waals surface area contributed by atoms with Crippen molar-refractivity contribution in [2.45, 2.75) is 58.3 Å². The number of hydrogen-bond acceptors (Lipinski definition) is 2. The van der Waals surface area contributed by atoms with Gasteiger partial charge in [0.15, 0.2) is 0 Å². The Kier molecular flexibility index (Phi) is 7.01. The Morgan fingerprint density at radius 2 is 1.48 bits per heavy atom. The van der Waals surface area contributed by atoms with E-state index in [0.29, 0.717) is 17.8 Å². The Bertz CT molecular complexity index is 2270. The number of rotatable bonds is 7. The monoisotopic (exact) mass is 648 g/mol. The predicted molar refractivity (Wildman–Crippen MR) is 211 cm³/mol. The molecule has 0 saturated heterocycles. The van der Waals surface area contributed by atoms with E-state index in [1.165, 1.54) is 85.6 Å². The van der Waals surface area contributed by atoms with Crippen LogP contribution in [0.5, 0.6) is 0 Å². The van der Waals surface area contributed by atoms with Crippen molar-refractivity contribution in [3.63, 3.8) is 0 Å². The van der Waals surface area contributed by atoms with Gasteiger partial charge in [-0.25, -0.2) is 0 Å². The minimum absolute atomic E-state index is 0.652. The van der Waals surface area contributed by atoms with E-state index in [0.717, 1.165) is 31.6 Å². The quantitative estimate of drug-likeness (QED) is 0.197. The van der Waals surface area contributed by atoms with E-state index in [-0.39, 0.29) is 0 Å². The summed E-state index contributed by atoms with van der Waals surface area (Å²) in [5.74, 6) is 2.79. The molecule has 4 aromatic rings. The smallest absolute Gasteiger partial charge is 0.0565 e. The van der Waals surface area contributed by atoms with Crippen LogP contribution in [0.2, 0.25) is 0 Å². The molecule has 0 N–H and O–H groups in total. The molecule has 0 heterocycles. The fourth-order valence-corrected chi connectivity index (χ4v) is 9.00. The zero-order valence-electron chi connectivity index (χ0n) is 29.1. The number of benzene rings is 4. The van der Waals surface area contributed by atoms with Crippen molar-refractivity contribution >= 4 is 39.5 Å². The van der Waals surface area contributed by atoms with Gasteiger partial charge in [0.05, 0.1) is 11.4 Å². The third-order valence-electron chi connectivity index (χ3n) is 11.9. The first kappa shape index (κ1) is 29.8. The Morgan fingerprint density at radius 1 is 0.640 bits per heavy atom. The minimum atomic E-state index is 0.652. The Morgan fingerprint density at radius 3 is 2.30 bits per heavy atom. The minimum Gasteiger partial charge on any atom is -0.314 e. The lowest BCUT2D eigenvalue weighted by Crippen LogP contribution is -2.24. The average molecular weight is 649 g/mol. The van der Waals surface area contributed by atoms with E-state index in [4.69, 9.17) is 0 Å². The predicted octanol–water partition coefficient (Wildman–Crippen LogP) is 12.6. The van der Waals surface area contributed by atoms with E-state index >= 15 is 0 Å². The van der Waals surface area contributed by atoms with Crippen LogP contribution in [0.3, 0.4) is 0 Å². The average Bonchev–Trinajstić information content (AvgIpc) is 4.10. The van der Waals surface area contributed by atoms with Gasteiger partial charge >= 0.3 is 0 Å². The molecule has 2 fully saturated rings. The number of allylic oxidation sites excluding steroid dienone is 11. The zero-order valence-corrected chi connectivity index (χ0v) is 29.1. The van der Waals surface area contributed by atoms with Crippen LogP contribution in [0.15, 0.2) is 145 Å². The summed E-state index contributed by atoms with van der Waals surface area (Å²) >= 11 is 0. The van der Waals surface area contributed by atoms with Gasteiger partial charge in [0.1, 0.15) is 0 Å². The summed E-state index contributed by atoms with van der Waals surface area (Å²) in [6.07, 6.45) is 30.8. The van der Waals surface area contributed by atoms with Gasteiger partial charge in [0.2, 0.25) is 0 Å². The largest absolute Gasteiger partial charge is 0.314 e. The highest BCUT2D eigenvalue weighted by Crippen LogP contribution is 2.57. The molecule has 0 radical (unpaired) electrons. The first-order valence-electron chi connectivity index (χ1n) is 18.8. The number of hydrogen-bond donors (Lipinski definition) is 0. The Hall–Kier alpha value is -5.08. The van der Waals surface area contributed by atoms with E-state index in [2.05, 4.69) is 157 Å². The van der Waals surface area contributed by atoms with Gasteiger partial charge in [-0.3, -0.25) is 0 Å². The molecule has 246 valence electrons. The lowest BCUT2D eigenvalue weighted by molar-refractivity contribution is 0.896. The lowest BCUT2D eigenvalue weighted by atomic mass is 9.91. The van der Waals surface area contributed by atoms with E-state index < -0.39 is 0 Å². The van der Waals surface area contributed by atoms with Crippen molar-refractivity contribution in [3.05, 3.63) is 172 Å². The molecule has 0 bridgehead atoms. The van der Waals surface area contributed by atoms with Crippen LogP contribution in [0, 0.1) is 31.6 Å². The zero-order chi connectivity index (χ0) is 33.3. The normalized spacial score (nSPS) is 24.0. The van der Waals surface area contributed by atoms with Gasteiger partial charge in [0, 0.05) is 28.2 Å². The maximum atomic E-state index is 2.58. The van der Waals surface area contributed by atoms with E-state index in [1.807, 2.05) is 0 Å². The second kappa shape index (κ2) is 11.8. The molecule has 2 unspecified atom stereocenters. The van der Waals surface area contributed by atoms with Crippen LogP contribution < -0.4 is 9.80 Å². The fraction of sp³-hybridized carbons (Fsp3) is 0.250. The van der Waals surface area contributed by atoms with Crippen LogP contribution in [-0.2, 0) is 0 Å². The molecule has 0 aromatic heterocycles. The van der Waals surface area contributed by atoms with Crippen molar-refractivity contribution < 1.29 is 0 Å². The molecule has 2 heteroatoms. The lowest BCUT2D eigenvalue weighted by Gasteiger charge is -2.34. The van der Waals surface area contributed by atoms with Crippen molar-refractivity contribution in [1.29, 1.82) is 0 Å². The molecule has 6 aliphatic carbocycles. The van der Waals surface area contributed by atoms with Crippen molar-refractivity contribution in [3.8, 4) is 0 Å². The standard InChI is InChI=1S/C48H44N2/c1-31-12-14-35-8-6-7-11-44(35)47(31)49(40-9-4-3-5-10-40)41-23-18-33(19-24-41)34-20-25-42(26-21-34)50(43-27-22-37-28-39(37)29-43)48-32(2)13-15-36-16-17-38-30-45(38)46(36)48/h4,6-18,20-23,25-27,29,37-39,45H,3,5,19,24,28,30H2,1-2H3/t37-,38-,39?,45?/m0/s1. The summed E-state index contributed by atoms with van der Waals surface area (Å²) < 4.78 is 0. The molecule has 4 atom stereocenters. The molecule has 2 saturated carbocycles. The number of fused-ring (bicyclic) bond motifs is 5. The summed E-state index contributed by atoms with van der Waals surface area (Å²) in [5.41, 5.74) is 16.3.